The van der Waals surface area contributed by atoms with Gasteiger partial charge in [0.15, 0.2) is 0 Å². The summed E-state index contributed by atoms with van der Waals surface area (Å²) in [7, 11) is -2.86. The monoisotopic (exact) mass is 259 g/mol. The topological polar surface area (TPSA) is 64.0 Å². The van der Waals surface area contributed by atoms with Crippen LogP contribution >= 0.6 is 0 Å². The molecule has 0 aliphatic rings. The summed E-state index contributed by atoms with van der Waals surface area (Å²) in [6, 6.07) is 0. The van der Waals surface area contributed by atoms with E-state index in [9.17, 15) is 8.42 Å². The molecule has 0 saturated heterocycles. The smallest absolute Gasteiger partial charge is 0.147 e. The van der Waals surface area contributed by atoms with Crippen LogP contribution in [0.1, 0.15) is 25.5 Å². The van der Waals surface area contributed by atoms with E-state index in [1.165, 1.54) is 6.26 Å². The molecule has 0 fully saturated rings. The molecule has 0 unspecified atom stereocenters. The number of nitrogens with one attached hydrogen (secondary N) is 1. The molecule has 17 heavy (non-hydrogen) atoms. The number of sulfone groups is 1. The van der Waals surface area contributed by atoms with Crippen molar-refractivity contribution in [3.05, 3.63) is 18.2 Å². The van der Waals surface area contributed by atoms with Crippen LogP contribution in [0.5, 0.6) is 0 Å². The van der Waals surface area contributed by atoms with E-state index in [4.69, 9.17) is 0 Å². The Kier molecular flexibility index (Phi) is 5.64. The van der Waals surface area contributed by atoms with Crippen LogP contribution in [0.15, 0.2) is 12.5 Å². The van der Waals surface area contributed by atoms with E-state index in [-0.39, 0.29) is 5.75 Å². The van der Waals surface area contributed by atoms with Crippen molar-refractivity contribution < 1.29 is 8.42 Å². The number of nitrogens with zero attached hydrogens (tertiary/aromatic N) is 2. The van der Waals surface area contributed by atoms with E-state index in [1.807, 2.05) is 10.8 Å². The SMILES string of the molecule is CCCNCc1cncn1CCCS(C)(=O)=O. The summed E-state index contributed by atoms with van der Waals surface area (Å²) in [5.41, 5.74) is 1.10. The highest BCUT2D eigenvalue weighted by Crippen LogP contribution is 2.02. The van der Waals surface area contributed by atoms with Gasteiger partial charge < -0.3 is 9.88 Å². The van der Waals surface area contributed by atoms with E-state index in [0.717, 1.165) is 25.2 Å². The fraction of sp³-hybridized carbons (Fsp3) is 0.727. The van der Waals surface area contributed by atoms with Crippen LogP contribution in [0.4, 0.5) is 0 Å². The lowest BCUT2D eigenvalue weighted by Crippen LogP contribution is -2.17. The Morgan fingerprint density at radius 1 is 1.47 bits per heavy atom. The van der Waals surface area contributed by atoms with Gasteiger partial charge in [-0.15, -0.1) is 0 Å². The molecule has 0 aliphatic heterocycles. The first-order chi connectivity index (χ1) is 8.03. The first-order valence-corrected chi connectivity index (χ1v) is 7.96. The van der Waals surface area contributed by atoms with Crippen molar-refractivity contribution in [1.29, 1.82) is 0 Å². The second-order valence-corrected chi connectivity index (χ2v) is 6.50. The quantitative estimate of drug-likeness (QED) is 0.702. The molecule has 1 aromatic heterocycles. The zero-order valence-corrected chi connectivity index (χ0v) is 11.3. The van der Waals surface area contributed by atoms with Gasteiger partial charge in [-0.25, -0.2) is 13.4 Å². The summed E-state index contributed by atoms with van der Waals surface area (Å²) >= 11 is 0. The number of hydrogen-bond acceptors (Lipinski definition) is 4. The lowest BCUT2D eigenvalue weighted by Gasteiger charge is -2.08. The minimum absolute atomic E-state index is 0.229. The van der Waals surface area contributed by atoms with Gasteiger partial charge in [-0.05, 0) is 19.4 Å². The zero-order chi connectivity index (χ0) is 12.7. The predicted octanol–water partition coefficient (Wildman–Crippen LogP) is 0.817. The molecule has 0 radical (unpaired) electrons. The molecule has 0 amide bonds. The Labute approximate surface area is 103 Å². The average molecular weight is 259 g/mol. The molecular formula is C11H21N3O2S. The van der Waals surface area contributed by atoms with Gasteiger partial charge in [0.25, 0.3) is 0 Å². The third-order valence-electron chi connectivity index (χ3n) is 2.45. The number of hydrogen-bond donors (Lipinski definition) is 1. The lowest BCUT2D eigenvalue weighted by molar-refractivity contribution is 0.579. The predicted molar refractivity (Wildman–Crippen MR) is 68.6 cm³/mol. The summed E-state index contributed by atoms with van der Waals surface area (Å²) in [4.78, 5) is 4.09. The summed E-state index contributed by atoms with van der Waals surface area (Å²) in [6.45, 7) is 4.59. The van der Waals surface area contributed by atoms with Crippen LogP contribution in [-0.2, 0) is 22.9 Å². The van der Waals surface area contributed by atoms with Gasteiger partial charge in [0.1, 0.15) is 9.84 Å². The number of aromatic nitrogens is 2. The molecule has 98 valence electrons. The minimum Gasteiger partial charge on any atom is -0.333 e. The Hall–Kier alpha value is -0.880. The Morgan fingerprint density at radius 2 is 2.24 bits per heavy atom. The molecule has 0 atom stereocenters. The molecule has 1 heterocycles. The summed E-state index contributed by atoms with van der Waals surface area (Å²) in [6.07, 6.45) is 6.58. The van der Waals surface area contributed by atoms with Crippen molar-refractivity contribution in [2.45, 2.75) is 32.9 Å². The summed E-state index contributed by atoms with van der Waals surface area (Å²) < 4.78 is 24.0. The van der Waals surface area contributed by atoms with Crippen molar-refractivity contribution in [3.63, 3.8) is 0 Å². The standard InChI is InChI=1S/C11H21N3O2S/c1-3-5-12-8-11-9-13-10-14(11)6-4-7-17(2,15)16/h9-10,12H,3-8H2,1-2H3. The molecule has 0 saturated carbocycles. The van der Waals surface area contributed by atoms with Gasteiger partial charge in [0.2, 0.25) is 0 Å². The number of imidazole rings is 1. The van der Waals surface area contributed by atoms with Gasteiger partial charge in [-0.3, -0.25) is 0 Å². The second-order valence-electron chi connectivity index (χ2n) is 4.24. The minimum atomic E-state index is -2.86. The normalized spacial score (nSPS) is 11.9. The van der Waals surface area contributed by atoms with Crippen molar-refractivity contribution in [1.82, 2.24) is 14.9 Å². The van der Waals surface area contributed by atoms with E-state index < -0.39 is 9.84 Å². The molecule has 1 aromatic rings. The molecule has 6 heteroatoms. The van der Waals surface area contributed by atoms with E-state index in [1.54, 1.807) is 6.33 Å². The van der Waals surface area contributed by atoms with Crippen molar-refractivity contribution in [2.24, 2.45) is 0 Å². The van der Waals surface area contributed by atoms with Gasteiger partial charge in [0.05, 0.1) is 17.8 Å². The van der Waals surface area contributed by atoms with Crippen LogP contribution in [0, 0.1) is 0 Å². The van der Waals surface area contributed by atoms with Crippen LogP contribution < -0.4 is 5.32 Å². The van der Waals surface area contributed by atoms with Crippen LogP contribution in [0.3, 0.4) is 0 Å². The fourth-order valence-corrected chi connectivity index (χ4v) is 2.24. The van der Waals surface area contributed by atoms with E-state index in [2.05, 4.69) is 17.2 Å². The molecule has 0 aromatic carbocycles. The third kappa shape index (κ3) is 5.83. The van der Waals surface area contributed by atoms with E-state index >= 15 is 0 Å². The lowest BCUT2D eigenvalue weighted by atomic mass is 10.4. The summed E-state index contributed by atoms with van der Waals surface area (Å²) in [5, 5.41) is 3.31. The molecule has 0 bridgehead atoms. The van der Waals surface area contributed by atoms with Crippen LogP contribution in [0.2, 0.25) is 0 Å². The Bertz CT molecular complexity index is 426. The molecule has 0 spiro atoms. The average Bonchev–Trinajstić information content (AvgIpc) is 2.64. The maximum Gasteiger partial charge on any atom is 0.147 e. The highest BCUT2D eigenvalue weighted by molar-refractivity contribution is 7.90. The highest BCUT2D eigenvalue weighted by Gasteiger charge is 2.04. The maximum atomic E-state index is 11.0. The largest absolute Gasteiger partial charge is 0.333 e. The zero-order valence-electron chi connectivity index (χ0n) is 10.5. The maximum absolute atomic E-state index is 11.0. The fourth-order valence-electron chi connectivity index (χ4n) is 1.59. The Morgan fingerprint density at radius 3 is 2.88 bits per heavy atom. The van der Waals surface area contributed by atoms with Gasteiger partial charge in [0, 0.05) is 25.5 Å². The molecular weight excluding hydrogens is 238 g/mol. The Balaban J connectivity index is 2.40. The molecule has 1 rings (SSSR count). The van der Waals surface area contributed by atoms with Gasteiger partial charge in [-0.1, -0.05) is 6.92 Å². The number of aryl methyl sites for hydroxylation is 1. The van der Waals surface area contributed by atoms with Gasteiger partial charge in [-0.2, -0.15) is 0 Å². The third-order valence-corrected chi connectivity index (χ3v) is 3.48. The second kappa shape index (κ2) is 6.76. The molecule has 5 nitrogen and oxygen atoms in total. The summed E-state index contributed by atoms with van der Waals surface area (Å²) in [5.74, 6) is 0.229. The first kappa shape index (κ1) is 14.2. The van der Waals surface area contributed by atoms with Gasteiger partial charge >= 0.3 is 0 Å². The van der Waals surface area contributed by atoms with Crippen molar-refractivity contribution in [2.75, 3.05) is 18.6 Å². The van der Waals surface area contributed by atoms with Crippen LogP contribution in [0.25, 0.3) is 0 Å². The number of rotatable bonds is 8. The molecule has 1 N–H and O–H groups in total. The first-order valence-electron chi connectivity index (χ1n) is 5.90. The molecule has 0 aliphatic carbocycles. The van der Waals surface area contributed by atoms with E-state index in [0.29, 0.717) is 13.0 Å². The van der Waals surface area contributed by atoms with Crippen molar-refractivity contribution in [3.8, 4) is 0 Å². The van der Waals surface area contributed by atoms with Crippen molar-refractivity contribution >= 4 is 9.84 Å². The van der Waals surface area contributed by atoms with Crippen LogP contribution in [-0.4, -0.2) is 36.5 Å². The highest BCUT2D eigenvalue weighted by atomic mass is 32.2.